The number of carbonyl (C=O) groups excluding carboxylic acids is 1. The topological polar surface area (TPSA) is 136 Å². The fourth-order valence-electron chi connectivity index (χ4n) is 4.02. The molecule has 0 aliphatic heterocycles. The van der Waals surface area contributed by atoms with Gasteiger partial charge in [-0.3, -0.25) is 0 Å². The number of carboxylic acids is 1. The molecule has 0 saturated carbocycles. The number of alkyl carbamates (subject to hydrolysis) is 1. The van der Waals surface area contributed by atoms with Crippen LogP contribution >= 0.6 is 0 Å². The molecule has 4 rings (SSSR count). The van der Waals surface area contributed by atoms with Crippen molar-refractivity contribution >= 4 is 12.1 Å². The Hall–Kier alpha value is -4.20. The van der Waals surface area contributed by atoms with E-state index in [1.807, 2.05) is 48.5 Å². The molecule has 0 bridgehead atoms. The monoisotopic (exact) mass is 435 g/mol. The van der Waals surface area contributed by atoms with Gasteiger partial charge in [-0.2, -0.15) is 0 Å². The van der Waals surface area contributed by atoms with E-state index in [2.05, 4.69) is 5.32 Å². The number of ether oxygens (including phenoxy) is 1. The normalized spacial score (nSPS) is 13.1. The third-order valence-electron chi connectivity index (χ3n) is 5.53. The van der Waals surface area contributed by atoms with Crippen LogP contribution in [0.5, 0.6) is 17.2 Å². The fourth-order valence-corrected chi connectivity index (χ4v) is 4.02. The van der Waals surface area contributed by atoms with E-state index < -0.39 is 36.0 Å². The Balaban J connectivity index is 1.46. The Morgan fingerprint density at radius 3 is 1.97 bits per heavy atom. The first-order chi connectivity index (χ1) is 15.3. The molecule has 8 nitrogen and oxygen atoms in total. The number of phenols is 3. The molecule has 1 unspecified atom stereocenters. The number of carbonyl (C=O) groups is 2. The Kier molecular flexibility index (Phi) is 5.59. The van der Waals surface area contributed by atoms with Gasteiger partial charge in [0.05, 0.1) is 0 Å². The van der Waals surface area contributed by atoms with Gasteiger partial charge < -0.3 is 30.5 Å². The quantitative estimate of drug-likeness (QED) is 0.401. The molecule has 164 valence electrons. The molecule has 8 heteroatoms. The van der Waals surface area contributed by atoms with E-state index in [0.717, 1.165) is 34.4 Å². The fraction of sp³-hybridized carbons (Fsp3) is 0.167. The zero-order valence-electron chi connectivity index (χ0n) is 16.9. The maximum Gasteiger partial charge on any atom is 0.407 e. The van der Waals surface area contributed by atoms with Crippen molar-refractivity contribution in [2.75, 3.05) is 6.61 Å². The van der Waals surface area contributed by atoms with Gasteiger partial charge in [0.1, 0.15) is 29.9 Å². The summed E-state index contributed by atoms with van der Waals surface area (Å²) < 4.78 is 5.36. The number of hydrogen-bond donors (Lipinski definition) is 5. The Labute approximate surface area is 183 Å². The lowest BCUT2D eigenvalue weighted by Gasteiger charge is -2.18. The van der Waals surface area contributed by atoms with Gasteiger partial charge in [0.2, 0.25) is 0 Å². The van der Waals surface area contributed by atoms with E-state index in [9.17, 15) is 30.0 Å². The first-order valence-corrected chi connectivity index (χ1v) is 9.93. The van der Waals surface area contributed by atoms with E-state index in [-0.39, 0.29) is 23.8 Å². The summed E-state index contributed by atoms with van der Waals surface area (Å²) in [6.07, 6.45) is -1.34. The number of aliphatic carboxylic acids is 1. The lowest BCUT2D eigenvalue weighted by Crippen LogP contribution is -2.43. The number of phenolic OH excluding ortho intramolecular Hbond substituents is 3. The maximum atomic E-state index is 12.4. The van der Waals surface area contributed by atoms with Crippen LogP contribution < -0.4 is 5.32 Å². The van der Waals surface area contributed by atoms with Crippen LogP contribution in [0.2, 0.25) is 0 Å². The molecule has 0 saturated heterocycles. The van der Waals surface area contributed by atoms with Crippen molar-refractivity contribution in [2.24, 2.45) is 0 Å². The van der Waals surface area contributed by atoms with Gasteiger partial charge in [0.15, 0.2) is 0 Å². The summed E-state index contributed by atoms with van der Waals surface area (Å²) in [7, 11) is 0. The van der Waals surface area contributed by atoms with Crippen LogP contribution in [0, 0.1) is 0 Å². The Morgan fingerprint density at radius 2 is 1.44 bits per heavy atom. The van der Waals surface area contributed by atoms with Crippen molar-refractivity contribution in [1.82, 2.24) is 5.32 Å². The number of rotatable bonds is 6. The maximum absolute atomic E-state index is 12.4. The van der Waals surface area contributed by atoms with Crippen LogP contribution in [-0.2, 0) is 16.0 Å². The molecule has 0 aromatic heterocycles. The van der Waals surface area contributed by atoms with Crippen LogP contribution in [0.1, 0.15) is 22.6 Å². The second-order valence-electron chi connectivity index (χ2n) is 7.53. The van der Waals surface area contributed by atoms with Crippen LogP contribution in [-0.4, -0.2) is 45.1 Å². The highest BCUT2D eigenvalue weighted by molar-refractivity contribution is 5.81. The molecule has 1 aliphatic carbocycles. The summed E-state index contributed by atoms with van der Waals surface area (Å²) >= 11 is 0. The van der Waals surface area contributed by atoms with Crippen molar-refractivity contribution in [1.29, 1.82) is 0 Å². The van der Waals surface area contributed by atoms with Gasteiger partial charge >= 0.3 is 12.1 Å². The number of carboxylic acid groups (broad SMARTS) is 1. The average molecular weight is 435 g/mol. The third-order valence-corrected chi connectivity index (χ3v) is 5.53. The summed E-state index contributed by atoms with van der Waals surface area (Å²) in [5.74, 6) is -2.89. The molecule has 1 amide bonds. The van der Waals surface area contributed by atoms with Gasteiger partial charge in [-0.15, -0.1) is 0 Å². The average Bonchev–Trinajstić information content (AvgIpc) is 3.07. The smallest absolute Gasteiger partial charge is 0.407 e. The van der Waals surface area contributed by atoms with Crippen LogP contribution in [0.25, 0.3) is 11.1 Å². The van der Waals surface area contributed by atoms with Crippen LogP contribution in [0.3, 0.4) is 0 Å². The second kappa shape index (κ2) is 8.50. The first kappa shape index (κ1) is 21.0. The van der Waals surface area contributed by atoms with Gasteiger partial charge in [0.25, 0.3) is 0 Å². The molecule has 1 atom stereocenters. The molecule has 0 heterocycles. The summed E-state index contributed by atoms with van der Waals surface area (Å²) in [5.41, 5.74) is 4.07. The second-order valence-corrected chi connectivity index (χ2v) is 7.53. The lowest BCUT2D eigenvalue weighted by molar-refractivity contribution is -0.139. The van der Waals surface area contributed by atoms with E-state index in [1.54, 1.807) is 0 Å². The van der Waals surface area contributed by atoms with Crippen molar-refractivity contribution in [3.8, 4) is 28.4 Å². The highest BCUT2D eigenvalue weighted by atomic mass is 16.5. The van der Waals surface area contributed by atoms with E-state index in [4.69, 9.17) is 4.74 Å². The molecule has 0 radical (unpaired) electrons. The highest BCUT2D eigenvalue weighted by Crippen LogP contribution is 2.44. The lowest BCUT2D eigenvalue weighted by atomic mass is 9.98. The van der Waals surface area contributed by atoms with E-state index in [1.165, 1.54) is 0 Å². The minimum absolute atomic E-state index is 0.0158. The molecule has 3 aromatic rings. The Bertz CT molecular complexity index is 1120. The minimum Gasteiger partial charge on any atom is -0.508 e. The van der Waals surface area contributed by atoms with Crippen molar-refractivity contribution < 1.29 is 34.8 Å². The summed E-state index contributed by atoms with van der Waals surface area (Å²) in [4.78, 5) is 24.0. The van der Waals surface area contributed by atoms with Crippen molar-refractivity contribution in [3.63, 3.8) is 0 Å². The van der Waals surface area contributed by atoms with Crippen LogP contribution in [0.15, 0.2) is 60.7 Å². The predicted octanol–water partition coefficient (Wildman–Crippen LogP) is 3.34. The molecule has 5 N–H and O–H groups in total. The number of amides is 1. The summed E-state index contributed by atoms with van der Waals surface area (Å²) in [5, 5.41) is 41.0. The third kappa shape index (κ3) is 4.02. The van der Waals surface area contributed by atoms with Gasteiger partial charge in [-0.1, -0.05) is 48.5 Å². The summed E-state index contributed by atoms with van der Waals surface area (Å²) in [6.45, 7) is 0.0158. The van der Waals surface area contributed by atoms with E-state index in [0.29, 0.717) is 0 Å². The number of fused-ring (bicyclic) bond motifs is 3. The highest BCUT2D eigenvalue weighted by Gasteiger charge is 2.30. The zero-order chi connectivity index (χ0) is 22.8. The molecule has 0 spiro atoms. The number of benzene rings is 3. The standard InChI is InChI=1S/C24H21NO7/c26-13-9-21(27)18(22(28)10-13)11-20(23(29)30)25-24(31)32-12-19-16-7-3-1-5-14(16)15-6-2-4-8-17(15)19/h1-10,19-20,26-28H,11-12H2,(H,25,31)(H,29,30). The predicted molar refractivity (Wildman–Crippen MR) is 115 cm³/mol. The van der Waals surface area contributed by atoms with Gasteiger partial charge in [0, 0.05) is 30.0 Å². The first-order valence-electron chi connectivity index (χ1n) is 9.93. The minimum atomic E-state index is -1.47. The molecule has 1 aliphatic rings. The van der Waals surface area contributed by atoms with Crippen LogP contribution in [0.4, 0.5) is 4.79 Å². The SMILES string of the molecule is O=C(NC(Cc1c(O)cc(O)cc1O)C(=O)O)OCC1c2ccccc2-c2ccccc21. The number of nitrogens with one attached hydrogen (secondary N) is 1. The van der Waals surface area contributed by atoms with Gasteiger partial charge in [-0.25, -0.2) is 9.59 Å². The number of aromatic hydroxyl groups is 3. The molecular weight excluding hydrogens is 414 g/mol. The van der Waals surface area contributed by atoms with E-state index >= 15 is 0 Å². The van der Waals surface area contributed by atoms with Crippen molar-refractivity contribution in [2.45, 2.75) is 18.4 Å². The molecule has 32 heavy (non-hydrogen) atoms. The zero-order valence-corrected chi connectivity index (χ0v) is 16.9. The van der Waals surface area contributed by atoms with Gasteiger partial charge in [-0.05, 0) is 22.3 Å². The molecule has 0 fully saturated rings. The largest absolute Gasteiger partial charge is 0.508 e. The molecule has 3 aromatic carbocycles. The summed E-state index contributed by atoms with van der Waals surface area (Å²) in [6, 6.07) is 16.1. The number of hydrogen-bond acceptors (Lipinski definition) is 6. The molecular formula is C24H21NO7. The van der Waals surface area contributed by atoms with Crippen molar-refractivity contribution in [3.05, 3.63) is 77.4 Å². The Morgan fingerprint density at radius 1 is 0.906 bits per heavy atom.